The fourth-order valence-electron chi connectivity index (χ4n) is 1.94. The number of halogens is 2. The quantitative estimate of drug-likeness (QED) is 0.609. The monoisotopic (exact) mass is 347 g/mol. The molecule has 0 bridgehead atoms. The zero-order valence-corrected chi connectivity index (χ0v) is 13.3. The van der Waals surface area contributed by atoms with E-state index in [2.05, 4.69) is 4.99 Å². The number of para-hydroxylation sites is 1. The van der Waals surface area contributed by atoms with E-state index in [0.717, 1.165) is 0 Å². The Bertz CT molecular complexity index is 801. The molecule has 23 heavy (non-hydrogen) atoms. The molecule has 0 unspecified atom stereocenters. The summed E-state index contributed by atoms with van der Waals surface area (Å²) < 4.78 is 10.6. The Morgan fingerprint density at radius 3 is 2.61 bits per heavy atom. The molecule has 0 aromatic heterocycles. The van der Waals surface area contributed by atoms with Crippen molar-refractivity contribution in [2.24, 2.45) is 4.99 Å². The zero-order valence-electron chi connectivity index (χ0n) is 11.8. The van der Waals surface area contributed by atoms with Crippen LogP contribution in [0.3, 0.4) is 0 Å². The molecule has 3 rings (SSSR count). The van der Waals surface area contributed by atoms with Crippen LogP contribution in [0.1, 0.15) is 5.56 Å². The molecule has 0 atom stereocenters. The lowest BCUT2D eigenvalue weighted by atomic mass is 10.2. The van der Waals surface area contributed by atoms with Crippen molar-refractivity contribution in [3.63, 3.8) is 0 Å². The maximum Gasteiger partial charge on any atom is 0.363 e. The number of esters is 1. The van der Waals surface area contributed by atoms with Gasteiger partial charge in [0.25, 0.3) is 0 Å². The lowest BCUT2D eigenvalue weighted by Gasteiger charge is -2.03. The molecule has 0 N–H and O–H groups in total. The summed E-state index contributed by atoms with van der Waals surface area (Å²) in [6.07, 6.45) is 1.58. The first-order chi connectivity index (χ1) is 11.1. The molecule has 2 aromatic carbocycles. The van der Waals surface area contributed by atoms with Crippen LogP contribution < -0.4 is 4.74 Å². The van der Waals surface area contributed by atoms with Gasteiger partial charge in [-0.1, -0.05) is 47.5 Å². The zero-order chi connectivity index (χ0) is 16.2. The van der Waals surface area contributed by atoms with Crippen LogP contribution in [0.4, 0.5) is 0 Å². The van der Waals surface area contributed by atoms with Gasteiger partial charge in [-0.25, -0.2) is 9.79 Å². The molecule has 1 aliphatic heterocycles. The van der Waals surface area contributed by atoms with Gasteiger partial charge in [-0.15, -0.1) is 0 Å². The molecule has 2 aromatic rings. The molecule has 0 spiro atoms. The summed E-state index contributed by atoms with van der Waals surface area (Å²) in [5.41, 5.74) is 0.898. The Labute approximate surface area is 143 Å². The first-order valence-electron chi connectivity index (χ1n) is 6.76. The van der Waals surface area contributed by atoms with Crippen LogP contribution >= 0.6 is 23.2 Å². The summed E-state index contributed by atoms with van der Waals surface area (Å²) in [7, 11) is 0. The Morgan fingerprint density at radius 2 is 1.87 bits per heavy atom. The highest BCUT2D eigenvalue weighted by Crippen LogP contribution is 2.25. The van der Waals surface area contributed by atoms with E-state index in [1.807, 2.05) is 30.3 Å². The van der Waals surface area contributed by atoms with Crippen LogP contribution in [0.5, 0.6) is 5.75 Å². The SMILES string of the molecule is O=C1OC(COc2ccccc2)=N/C1=C/c1ccc(Cl)c(Cl)c1. The molecule has 1 aliphatic rings. The van der Waals surface area contributed by atoms with E-state index in [1.54, 1.807) is 24.3 Å². The highest BCUT2D eigenvalue weighted by molar-refractivity contribution is 6.42. The number of nitrogens with zero attached hydrogens (tertiary/aromatic N) is 1. The Kier molecular flexibility index (Phi) is 4.65. The van der Waals surface area contributed by atoms with Crippen molar-refractivity contribution in [1.29, 1.82) is 0 Å². The smallest absolute Gasteiger partial charge is 0.363 e. The molecular formula is C17H11Cl2NO3. The van der Waals surface area contributed by atoms with Crippen LogP contribution in [0, 0.1) is 0 Å². The largest absolute Gasteiger partial charge is 0.484 e. The maximum atomic E-state index is 11.8. The van der Waals surface area contributed by atoms with Gasteiger partial charge in [0, 0.05) is 0 Å². The molecule has 0 saturated heterocycles. The molecule has 6 heteroatoms. The second-order valence-corrected chi connectivity index (χ2v) is 5.51. The van der Waals surface area contributed by atoms with Crippen LogP contribution in [-0.2, 0) is 9.53 Å². The number of ether oxygens (including phenoxy) is 2. The number of benzene rings is 2. The number of aliphatic imine (C=N–C) groups is 1. The van der Waals surface area contributed by atoms with Gasteiger partial charge in [0.05, 0.1) is 10.0 Å². The van der Waals surface area contributed by atoms with Gasteiger partial charge in [0.15, 0.2) is 12.3 Å². The first kappa shape index (κ1) is 15.6. The summed E-state index contributed by atoms with van der Waals surface area (Å²) in [6.45, 7) is 0.0778. The van der Waals surface area contributed by atoms with Crippen molar-refractivity contribution < 1.29 is 14.3 Å². The Hall–Kier alpha value is -2.30. The third kappa shape index (κ3) is 3.92. The second-order valence-electron chi connectivity index (χ2n) is 4.70. The van der Waals surface area contributed by atoms with Gasteiger partial charge in [-0.2, -0.15) is 0 Å². The van der Waals surface area contributed by atoms with Crippen LogP contribution in [0.25, 0.3) is 6.08 Å². The number of hydrogen-bond donors (Lipinski definition) is 0. The molecule has 1 heterocycles. The topological polar surface area (TPSA) is 47.9 Å². The fourth-order valence-corrected chi connectivity index (χ4v) is 2.24. The molecule has 0 radical (unpaired) electrons. The van der Waals surface area contributed by atoms with E-state index in [-0.39, 0.29) is 18.2 Å². The summed E-state index contributed by atoms with van der Waals surface area (Å²) in [5.74, 6) is 0.362. The minimum absolute atomic E-state index is 0.0778. The average molecular weight is 348 g/mol. The van der Waals surface area contributed by atoms with E-state index in [9.17, 15) is 4.79 Å². The number of cyclic esters (lactones) is 1. The van der Waals surface area contributed by atoms with Crippen LogP contribution in [0.2, 0.25) is 10.0 Å². The van der Waals surface area contributed by atoms with Gasteiger partial charge in [-0.3, -0.25) is 0 Å². The van der Waals surface area contributed by atoms with E-state index in [0.29, 0.717) is 21.4 Å². The number of hydrogen-bond acceptors (Lipinski definition) is 4. The first-order valence-corrected chi connectivity index (χ1v) is 7.52. The minimum atomic E-state index is -0.525. The number of rotatable bonds is 4. The van der Waals surface area contributed by atoms with E-state index < -0.39 is 5.97 Å². The number of carbonyl (C=O) groups is 1. The molecule has 4 nitrogen and oxygen atoms in total. The summed E-state index contributed by atoms with van der Waals surface area (Å²) in [4.78, 5) is 16.0. The van der Waals surface area contributed by atoms with Gasteiger partial charge >= 0.3 is 5.97 Å². The molecular weight excluding hydrogens is 337 g/mol. The van der Waals surface area contributed by atoms with Crippen molar-refractivity contribution in [2.45, 2.75) is 0 Å². The minimum Gasteiger partial charge on any atom is -0.484 e. The van der Waals surface area contributed by atoms with Gasteiger partial charge in [0.1, 0.15) is 5.75 Å². The van der Waals surface area contributed by atoms with Crippen molar-refractivity contribution in [3.8, 4) is 5.75 Å². The highest BCUT2D eigenvalue weighted by atomic mass is 35.5. The maximum absolute atomic E-state index is 11.8. The van der Waals surface area contributed by atoms with Crippen LogP contribution in [-0.4, -0.2) is 18.5 Å². The highest BCUT2D eigenvalue weighted by Gasteiger charge is 2.23. The van der Waals surface area contributed by atoms with E-state index in [4.69, 9.17) is 32.7 Å². The van der Waals surface area contributed by atoms with Gasteiger partial charge in [0.2, 0.25) is 5.90 Å². The Balaban J connectivity index is 1.73. The van der Waals surface area contributed by atoms with E-state index in [1.165, 1.54) is 0 Å². The Morgan fingerprint density at radius 1 is 1.09 bits per heavy atom. The lowest BCUT2D eigenvalue weighted by molar-refractivity contribution is -0.130. The summed E-state index contributed by atoms with van der Waals surface area (Å²) >= 11 is 11.8. The molecule has 0 aliphatic carbocycles. The molecule has 0 saturated carbocycles. The number of carbonyl (C=O) groups excluding carboxylic acids is 1. The fraction of sp³-hybridized carbons (Fsp3) is 0.0588. The van der Waals surface area contributed by atoms with Crippen molar-refractivity contribution >= 4 is 41.1 Å². The third-order valence-corrected chi connectivity index (χ3v) is 3.76. The van der Waals surface area contributed by atoms with Crippen molar-refractivity contribution in [3.05, 3.63) is 69.8 Å². The predicted octanol–water partition coefficient (Wildman–Crippen LogP) is 4.37. The van der Waals surface area contributed by atoms with Gasteiger partial charge < -0.3 is 9.47 Å². The van der Waals surface area contributed by atoms with Gasteiger partial charge in [-0.05, 0) is 35.9 Å². The van der Waals surface area contributed by atoms with Crippen LogP contribution in [0.15, 0.2) is 59.2 Å². The molecule has 116 valence electrons. The second kappa shape index (κ2) is 6.86. The van der Waals surface area contributed by atoms with Crippen molar-refractivity contribution in [2.75, 3.05) is 6.61 Å². The standard InChI is InChI=1S/C17H11Cl2NO3/c18-13-7-6-11(8-14(13)19)9-15-17(21)23-16(20-15)10-22-12-4-2-1-3-5-12/h1-9H,10H2/b15-9+. The molecule has 0 amide bonds. The third-order valence-electron chi connectivity index (χ3n) is 3.02. The normalized spacial score (nSPS) is 15.5. The molecule has 0 fully saturated rings. The van der Waals surface area contributed by atoms with E-state index >= 15 is 0 Å². The summed E-state index contributed by atoms with van der Waals surface area (Å²) in [5, 5.41) is 0.854. The van der Waals surface area contributed by atoms with Crippen molar-refractivity contribution in [1.82, 2.24) is 0 Å². The summed E-state index contributed by atoms with van der Waals surface area (Å²) in [6, 6.07) is 14.3. The predicted molar refractivity (Wildman–Crippen MR) is 89.9 cm³/mol. The lowest BCUT2D eigenvalue weighted by Crippen LogP contribution is -2.13. The average Bonchev–Trinajstić information content (AvgIpc) is 2.90.